The number of rotatable bonds is 8. The van der Waals surface area contributed by atoms with Gasteiger partial charge < -0.3 is 19.5 Å². The molecular formula is C23H25N5O3S. The molecule has 0 radical (unpaired) electrons. The molecule has 0 unspecified atom stereocenters. The summed E-state index contributed by atoms with van der Waals surface area (Å²) in [6.45, 7) is 1.73. The highest BCUT2D eigenvalue weighted by molar-refractivity contribution is 7.80. The molecule has 0 amide bonds. The molecule has 9 heteroatoms. The standard InChI is InChI=1S/C23H25N5O3S/c1-26(2)14-5-15-27-22(21(25-23(27)32)18-6-3-4-13-24-18)20-12-11-19(31-20)16-7-9-17(10-8-16)28(29)30/h3-4,6-13,21-22H,5,14-15H2,1-2H3,(H,25,32)/t21-,22-/m0/s1. The lowest BCUT2D eigenvalue weighted by molar-refractivity contribution is -0.384. The minimum absolute atomic E-state index is 0.0492. The third-order valence-electron chi connectivity index (χ3n) is 5.48. The van der Waals surface area contributed by atoms with Gasteiger partial charge in [-0.2, -0.15) is 0 Å². The lowest BCUT2D eigenvalue weighted by Crippen LogP contribution is -2.32. The summed E-state index contributed by atoms with van der Waals surface area (Å²) in [5.74, 6) is 1.42. The summed E-state index contributed by atoms with van der Waals surface area (Å²) in [6, 6.07) is 15.7. The van der Waals surface area contributed by atoms with E-state index in [1.165, 1.54) is 12.1 Å². The highest BCUT2D eigenvalue weighted by Gasteiger charge is 2.41. The predicted octanol–water partition coefficient (Wildman–Crippen LogP) is 4.17. The van der Waals surface area contributed by atoms with Gasteiger partial charge >= 0.3 is 0 Å². The molecule has 4 rings (SSSR count). The number of nitro groups is 1. The number of nitrogens with one attached hydrogen (secondary N) is 1. The number of benzene rings is 1. The summed E-state index contributed by atoms with van der Waals surface area (Å²) < 4.78 is 6.26. The average molecular weight is 452 g/mol. The number of hydrogen-bond donors (Lipinski definition) is 1. The molecule has 0 saturated carbocycles. The van der Waals surface area contributed by atoms with Crippen LogP contribution in [0.4, 0.5) is 5.69 Å². The minimum Gasteiger partial charge on any atom is -0.459 e. The van der Waals surface area contributed by atoms with E-state index in [0.717, 1.165) is 36.5 Å². The Balaban J connectivity index is 1.64. The quantitative estimate of drug-likeness (QED) is 0.310. The predicted molar refractivity (Wildman–Crippen MR) is 126 cm³/mol. The minimum atomic E-state index is -0.411. The topological polar surface area (TPSA) is 87.7 Å². The zero-order valence-corrected chi connectivity index (χ0v) is 18.8. The first-order valence-electron chi connectivity index (χ1n) is 10.4. The largest absolute Gasteiger partial charge is 0.459 e. The summed E-state index contributed by atoms with van der Waals surface area (Å²) >= 11 is 5.68. The van der Waals surface area contributed by atoms with Crippen LogP contribution in [0, 0.1) is 10.1 Å². The number of nitrogens with zero attached hydrogens (tertiary/aromatic N) is 4. The van der Waals surface area contributed by atoms with E-state index >= 15 is 0 Å². The van der Waals surface area contributed by atoms with Gasteiger partial charge in [-0.15, -0.1) is 0 Å². The first-order chi connectivity index (χ1) is 15.4. The number of hydrogen-bond acceptors (Lipinski definition) is 6. The summed E-state index contributed by atoms with van der Waals surface area (Å²) in [5.41, 5.74) is 1.72. The lowest BCUT2D eigenvalue weighted by Gasteiger charge is -2.26. The molecule has 0 spiro atoms. The van der Waals surface area contributed by atoms with E-state index in [0.29, 0.717) is 10.9 Å². The van der Waals surface area contributed by atoms with Crippen molar-refractivity contribution in [3.63, 3.8) is 0 Å². The summed E-state index contributed by atoms with van der Waals surface area (Å²) in [4.78, 5) is 19.4. The van der Waals surface area contributed by atoms with Crippen LogP contribution < -0.4 is 5.32 Å². The molecule has 166 valence electrons. The number of thiocarbonyl (C=S) groups is 1. The van der Waals surface area contributed by atoms with Crippen LogP contribution in [0.15, 0.2) is 65.2 Å². The molecular weight excluding hydrogens is 426 g/mol. The molecule has 1 aliphatic heterocycles. The van der Waals surface area contributed by atoms with E-state index < -0.39 is 4.92 Å². The second-order valence-electron chi connectivity index (χ2n) is 7.98. The third kappa shape index (κ3) is 4.63. The number of furan rings is 1. The van der Waals surface area contributed by atoms with Crippen molar-refractivity contribution in [1.29, 1.82) is 0 Å². The summed E-state index contributed by atoms with van der Waals surface area (Å²) in [6.07, 6.45) is 2.73. The SMILES string of the molecule is CN(C)CCCN1C(=S)N[C@@H](c2ccccn2)[C@@H]1c1ccc(-c2ccc([N+](=O)[O-])cc2)o1. The molecule has 32 heavy (non-hydrogen) atoms. The van der Waals surface area contributed by atoms with E-state index in [1.807, 2.05) is 30.3 Å². The van der Waals surface area contributed by atoms with Crippen LogP contribution in [0.25, 0.3) is 11.3 Å². The van der Waals surface area contributed by atoms with Crippen LogP contribution in [-0.4, -0.2) is 52.0 Å². The van der Waals surface area contributed by atoms with E-state index in [1.54, 1.807) is 18.3 Å². The smallest absolute Gasteiger partial charge is 0.269 e. The Labute approximate surface area is 192 Å². The van der Waals surface area contributed by atoms with Gasteiger partial charge in [0.15, 0.2) is 5.11 Å². The Kier molecular flexibility index (Phi) is 6.48. The molecule has 8 nitrogen and oxygen atoms in total. The van der Waals surface area contributed by atoms with Crippen molar-refractivity contribution in [3.05, 3.63) is 82.4 Å². The molecule has 2 aromatic heterocycles. The van der Waals surface area contributed by atoms with Crippen LogP contribution >= 0.6 is 12.2 Å². The molecule has 2 atom stereocenters. The number of non-ortho nitro benzene ring substituents is 1. The zero-order chi connectivity index (χ0) is 22.7. The van der Waals surface area contributed by atoms with Crippen molar-refractivity contribution in [2.75, 3.05) is 27.2 Å². The Morgan fingerprint density at radius 3 is 2.62 bits per heavy atom. The molecule has 0 bridgehead atoms. The molecule has 1 fully saturated rings. The summed E-state index contributed by atoms with van der Waals surface area (Å²) in [5, 5.41) is 15.0. The lowest BCUT2D eigenvalue weighted by atomic mass is 10.0. The van der Waals surface area contributed by atoms with Gasteiger partial charge in [-0.25, -0.2) is 0 Å². The highest BCUT2D eigenvalue weighted by atomic mass is 32.1. The van der Waals surface area contributed by atoms with E-state index in [2.05, 4.69) is 34.2 Å². The van der Waals surface area contributed by atoms with Crippen molar-refractivity contribution < 1.29 is 9.34 Å². The fraction of sp³-hybridized carbons (Fsp3) is 0.304. The van der Waals surface area contributed by atoms with Gasteiger partial charge in [0.2, 0.25) is 0 Å². The maximum atomic E-state index is 10.9. The maximum Gasteiger partial charge on any atom is 0.269 e. The highest BCUT2D eigenvalue weighted by Crippen LogP contribution is 2.40. The Bertz CT molecular complexity index is 1080. The fourth-order valence-corrected chi connectivity index (χ4v) is 4.26. The molecule has 1 saturated heterocycles. The molecule has 1 aliphatic rings. The van der Waals surface area contributed by atoms with Gasteiger partial charge in [-0.1, -0.05) is 6.07 Å². The second kappa shape index (κ2) is 9.46. The van der Waals surface area contributed by atoms with Crippen molar-refractivity contribution in [2.45, 2.75) is 18.5 Å². The van der Waals surface area contributed by atoms with Gasteiger partial charge in [0.25, 0.3) is 5.69 Å². The molecule has 0 aliphatic carbocycles. The normalized spacial score (nSPS) is 18.2. The number of pyridine rings is 1. The van der Waals surface area contributed by atoms with E-state index in [9.17, 15) is 10.1 Å². The monoisotopic (exact) mass is 451 g/mol. The molecule has 1 aromatic carbocycles. The van der Waals surface area contributed by atoms with Crippen molar-refractivity contribution in [3.8, 4) is 11.3 Å². The fourth-order valence-electron chi connectivity index (χ4n) is 3.93. The van der Waals surface area contributed by atoms with Gasteiger partial charge in [0, 0.05) is 30.4 Å². The first kappa shape index (κ1) is 21.9. The Morgan fingerprint density at radius 1 is 1.19 bits per heavy atom. The van der Waals surface area contributed by atoms with Crippen molar-refractivity contribution in [1.82, 2.24) is 20.1 Å². The average Bonchev–Trinajstić information content (AvgIpc) is 3.39. The number of nitro benzene ring substituents is 1. The first-order valence-corrected chi connectivity index (χ1v) is 10.8. The second-order valence-corrected chi connectivity index (χ2v) is 8.37. The van der Waals surface area contributed by atoms with Crippen molar-refractivity contribution in [2.24, 2.45) is 0 Å². The van der Waals surface area contributed by atoms with Crippen LogP contribution in [0.2, 0.25) is 0 Å². The Morgan fingerprint density at radius 2 is 1.97 bits per heavy atom. The van der Waals surface area contributed by atoms with Crippen LogP contribution in [-0.2, 0) is 0 Å². The Hall–Kier alpha value is -3.30. The van der Waals surface area contributed by atoms with E-state index in [-0.39, 0.29) is 17.8 Å². The van der Waals surface area contributed by atoms with Gasteiger partial charge in [0.05, 0.1) is 16.7 Å². The van der Waals surface area contributed by atoms with Gasteiger partial charge in [-0.05, 0) is 75.7 Å². The summed E-state index contributed by atoms with van der Waals surface area (Å²) in [7, 11) is 4.11. The van der Waals surface area contributed by atoms with E-state index in [4.69, 9.17) is 16.6 Å². The van der Waals surface area contributed by atoms with Gasteiger partial charge in [-0.3, -0.25) is 15.1 Å². The molecule has 3 heterocycles. The van der Waals surface area contributed by atoms with Gasteiger partial charge in [0.1, 0.15) is 17.6 Å². The zero-order valence-electron chi connectivity index (χ0n) is 18.0. The van der Waals surface area contributed by atoms with Crippen LogP contribution in [0.3, 0.4) is 0 Å². The van der Waals surface area contributed by atoms with Crippen molar-refractivity contribution >= 4 is 23.0 Å². The maximum absolute atomic E-state index is 10.9. The van der Waals surface area contributed by atoms with Crippen LogP contribution in [0.1, 0.15) is 30.0 Å². The van der Waals surface area contributed by atoms with Crippen LogP contribution in [0.5, 0.6) is 0 Å². The number of aromatic nitrogens is 1. The molecule has 3 aromatic rings. The molecule has 1 N–H and O–H groups in total. The third-order valence-corrected chi connectivity index (χ3v) is 5.84.